The van der Waals surface area contributed by atoms with Gasteiger partial charge in [0.25, 0.3) is 0 Å². The van der Waals surface area contributed by atoms with Gasteiger partial charge in [0, 0.05) is 0 Å². The fourth-order valence-corrected chi connectivity index (χ4v) is 0. The fourth-order valence-electron chi connectivity index (χ4n) is 0. The number of hydrogen-bond acceptors (Lipinski definition) is 2. The van der Waals surface area contributed by atoms with Crippen LogP contribution in [0.2, 0.25) is 0 Å². The van der Waals surface area contributed by atoms with E-state index in [1.165, 1.54) is 27.7 Å². The summed E-state index contributed by atoms with van der Waals surface area (Å²) in [5.41, 5.74) is 0. The molecule has 0 spiro atoms. The third kappa shape index (κ3) is 13700. The van der Waals surface area contributed by atoms with Crippen molar-refractivity contribution >= 4 is 28.6 Å². The van der Waals surface area contributed by atoms with Crippen LogP contribution in [-0.4, -0.2) is 28.6 Å². The van der Waals surface area contributed by atoms with Gasteiger partial charge in [0.2, 0.25) is 0 Å². The molecule has 0 aliphatic heterocycles. The summed E-state index contributed by atoms with van der Waals surface area (Å²) in [5.74, 6) is 0.333. The summed E-state index contributed by atoms with van der Waals surface area (Å²) in [6.07, 6.45) is 0. The predicted octanol–water partition coefficient (Wildman–Crippen LogP) is 0.274. The first-order valence-corrected chi connectivity index (χ1v) is 2.41. The molecule has 56 valence electrons. The molecule has 9 heavy (non-hydrogen) atoms. The molecular weight excluding hydrogens is 183 g/mol. The van der Waals surface area contributed by atoms with Gasteiger partial charge in [0.15, 0.2) is 0 Å². The number of Topliss-reactive ketones (excluding diaryl/α,β-unsaturated/α-hetero) is 2. The monoisotopic (exact) mass is 198 g/mol. The molecule has 0 aromatic rings. The van der Waals surface area contributed by atoms with Crippen molar-refractivity contribution in [3.63, 3.8) is 0 Å². The molecule has 0 bridgehead atoms. The Morgan fingerprint density at radius 2 is 0.778 bits per heavy atom. The van der Waals surface area contributed by atoms with E-state index in [4.69, 9.17) is 0 Å². The molecule has 0 saturated carbocycles. The van der Waals surface area contributed by atoms with E-state index in [1.54, 1.807) is 0 Å². The molecule has 0 fully saturated rings. The Morgan fingerprint density at radius 1 is 0.778 bits per heavy atom. The molecule has 3 heteroatoms. The first-order valence-electron chi connectivity index (χ1n) is 2.41. The molecule has 0 aromatic carbocycles. The molecule has 0 rings (SSSR count). The van der Waals surface area contributed by atoms with E-state index in [0.717, 1.165) is 0 Å². The van der Waals surface area contributed by atoms with Crippen LogP contribution in [0.15, 0.2) is 0 Å². The second-order valence-electron chi connectivity index (χ2n) is 1.82. The maximum atomic E-state index is 9.44. The zero-order chi connectivity index (χ0) is 7.15. The van der Waals surface area contributed by atoms with E-state index in [2.05, 4.69) is 0 Å². The SMILES string of the molecule is CC(C)=O.CC(C)=O.[SeH2]. The summed E-state index contributed by atoms with van der Waals surface area (Å²) in [6.45, 7) is 6.11. The van der Waals surface area contributed by atoms with Crippen LogP contribution in [-0.2, 0) is 9.59 Å². The molecule has 0 aliphatic rings. The van der Waals surface area contributed by atoms with E-state index in [-0.39, 0.29) is 28.6 Å². The average molecular weight is 197 g/mol. The normalized spacial score (nSPS) is 5.78. The molecule has 0 atom stereocenters. The van der Waals surface area contributed by atoms with Crippen LogP contribution in [0.1, 0.15) is 27.7 Å². The van der Waals surface area contributed by atoms with Crippen LogP contribution < -0.4 is 0 Å². The van der Waals surface area contributed by atoms with Crippen LogP contribution in [0, 0.1) is 0 Å². The maximum absolute atomic E-state index is 9.44. The van der Waals surface area contributed by atoms with Crippen molar-refractivity contribution in [1.82, 2.24) is 0 Å². The van der Waals surface area contributed by atoms with Crippen LogP contribution in [0.4, 0.5) is 0 Å². The Bertz CT molecular complexity index is 69.1. The Balaban J connectivity index is -0.0000000720. The molecular formula is C6H14O2Se. The van der Waals surface area contributed by atoms with Crippen molar-refractivity contribution in [2.45, 2.75) is 27.7 Å². The van der Waals surface area contributed by atoms with Crippen molar-refractivity contribution in [3.05, 3.63) is 0 Å². The minimum atomic E-state index is 0. The summed E-state index contributed by atoms with van der Waals surface area (Å²) in [6, 6.07) is 0. The standard InChI is InChI=1S/2C3H6O.H2Se/c2*1-3(2)4;/h2*1-2H3;1H2. The number of hydrogen-bond donors (Lipinski definition) is 0. The van der Waals surface area contributed by atoms with Crippen molar-refractivity contribution in [2.24, 2.45) is 0 Å². The second-order valence-corrected chi connectivity index (χ2v) is 1.82. The van der Waals surface area contributed by atoms with Crippen molar-refractivity contribution in [3.8, 4) is 0 Å². The van der Waals surface area contributed by atoms with Gasteiger partial charge < -0.3 is 9.59 Å². The number of rotatable bonds is 0. The minimum absolute atomic E-state index is 0. The third-order valence-corrected chi connectivity index (χ3v) is 0. The second kappa shape index (κ2) is 10.8. The summed E-state index contributed by atoms with van der Waals surface area (Å²) < 4.78 is 0. The summed E-state index contributed by atoms with van der Waals surface area (Å²) >= 11 is 0. The first-order chi connectivity index (χ1) is 3.46. The number of ketones is 2. The van der Waals surface area contributed by atoms with Gasteiger partial charge in [-0.25, -0.2) is 0 Å². The Hall–Kier alpha value is -0.141. The van der Waals surface area contributed by atoms with Gasteiger partial charge in [-0.05, 0) is 27.7 Å². The number of carbonyl (C=O) groups is 2. The van der Waals surface area contributed by atoms with E-state index >= 15 is 0 Å². The molecule has 0 radical (unpaired) electrons. The predicted molar refractivity (Wildman–Crippen MR) is 41.3 cm³/mol. The van der Waals surface area contributed by atoms with Crippen LogP contribution >= 0.6 is 0 Å². The average Bonchev–Trinajstić information content (AvgIpc) is 1.25. The van der Waals surface area contributed by atoms with Crippen LogP contribution in [0.5, 0.6) is 0 Å². The van der Waals surface area contributed by atoms with Crippen molar-refractivity contribution < 1.29 is 9.59 Å². The van der Waals surface area contributed by atoms with Gasteiger partial charge in [0.1, 0.15) is 11.6 Å². The summed E-state index contributed by atoms with van der Waals surface area (Å²) in [4.78, 5) is 18.9. The topological polar surface area (TPSA) is 34.1 Å². The number of carbonyl (C=O) groups excluding carboxylic acids is 2. The molecule has 2 nitrogen and oxygen atoms in total. The molecule has 0 unspecified atom stereocenters. The van der Waals surface area contributed by atoms with Gasteiger partial charge in [0.05, 0.1) is 0 Å². The van der Waals surface area contributed by atoms with Gasteiger partial charge in [-0.2, -0.15) is 0 Å². The summed E-state index contributed by atoms with van der Waals surface area (Å²) in [7, 11) is 0. The molecule has 0 N–H and O–H groups in total. The Morgan fingerprint density at radius 3 is 0.778 bits per heavy atom. The zero-order valence-electron chi connectivity index (χ0n) is 6.32. The quantitative estimate of drug-likeness (QED) is 0.522. The molecule has 0 heterocycles. The zero-order valence-corrected chi connectivity index (χ0v) is 8.41. The van der Waals surface area contributed by atoms with Crippen LogP contribution in [0.25, 0.3) is 0 Å². The Labute approximate surface area is 66.5 Å². The van der Waals surface area contributed by atoms with E-state index in [9.17, 15) is 9.59 Å². The third-order valence-electron chi connectivity index (χ3n) is 0. The van der Waals surface area contributed by atoms with Crippen LogP contribution in [0.3, 0.4) is 0 Å². The van der Waals surface area contributed by atoms with E-state index in [0.29, 0.717) is 0 Å². The Kier molecular flexibility index (Phi) is 19.1. The molecule has 0 aliphatic carbocycles. The van der Waals surface area contributed by atoms with Gasteiger partial charge in [-0.1, -0.05) is 0 Å². The van der Waals surface area contributed by atoms with E-state index < -0.39 is 0 Å². The molecule has 0 amide bonds. The fraction of sp³-hybridized carbons (Fsp3) is 0.667. The van der Waals surface area contributed by atoms with E-state index in [1.807, 2.05) is 0 Å². The first kappa shape index (κ1) is 15.9. The molecule has 0 saturated heterocycles. The van der Waals surface area contributed by atoms with Gasteiger partial charge in [-0.3, -0.25) is 0 Å². The van der Waals surface area contributed by atoms with Gasteiger partial charge >= 0.3 is 17.1 Å². The summed E-state index contributed by atoms with van der Waals surface area (Å²) in [5, 5.41) is 0. The van der Waals surface area contributed by atoms with Gasteiger partial charge in [-0.15, -0.1) is 0 Å². The van der Waals surface area contributed by atoms with Crippen molar-refractivity contribution in [2.75, 3.05) is 0 Å². The molecule has 0 aromatic heterocycles. The van der Waals surface area contributed by atoms with Crippen molar-refractivity contribution in [1.29, 1.82) is 0 Å².